The van der Waals surface area contributed by atoms with Crippen molar-refractivity contribution < 1.29 is 14.3 Å². The fourth-order valence-corrected chi connectivity index (χ4v) is 3.43. The Hall–Kier alpha value is -3.79. The highest BCUT2D eigenvalue weighted by Gasteiger charge is 2.20. The summed E-state index contributed by atoms with van der Waals surface area (Å²) in [7, 11) is 1.41. The number of carbonyl (C=O) groups is 1. The first-order valence-electron chi connectivity index (χ1n) is 9.84. The fraction of sp³-hybridized carbons (Fsp3) is 0.115. The number of esters is 1. The lowest BCUT2D eigenvalue weighted by atomic mass is 10.00. The Morgan fingerprint density at radius 3 is 2.17 bits per heavy atom. The molecule has 4 heteroatoms. The van der Waals surface area contributed by atoms with Gasteiger partial charge < -0.3 is 14.5 Å². The highest BCUT2D eigenvalue weighted by atomic mass is 16.5. The number of benzene rings is 3. The number of hydrogen-bond donors (Lipinski definition) is 1. The van der Waals surface area contributed by atoms with Crippen molar-refractivity contribution >= 4 is 5.97 Å². The monoisotopic (exact) mass is 397 g/mol. The second kappa shape index (κ2) is 9.14. The molecule has 0 atom stereocenters. The first kappa shape index (κ1) is 19.5. The van der Waals surface area contributed by atoms with Gasteiger partial charge in [-0.15, -0.1) is 0 Å². The van der Waals surface area contributed by atoms with Crippen LogP contribution in [0.2, 0.25) is 0 Å². The molecule has 4 rings (SSSR count). The topological polar surface area (TPSA) is 51.3 Å². The van der Waals surface area contributed by atoms with E-state index in [0.717, 1.165) is 33.7 Å². The molecular formula is C26H23NO3. The molecule has 0 fully saturated rings. The van der Waals surface area contributed by atoms with Gasteiger partial charge in [-0.05, 0) is 28.8 Å². The van der Waals surface area contributed by atoms with Gasteiger partial charge in [0.05, 0.1) is 12.7 Å². The second-order valence-electron chi connectivity index (χ2n) is 7.01. The van der Waals surface area contributed by atoms with Crippen molar-refractivity contribution in [3.8, 4) is 16.9 Å². The van der Waals surface area contributed by atoms with Crippen LogP contribution in [0.3, 0.4) is 0 Å². The lowest BCUT2D eigenvalue weighted by Gasteiger charge is -2.09. The van der Waals surface area contributed by atoms with Crippen LogP contribution < -0.4 is 4.74 Å². The van der Waals surface area contributed by atoms with Crippen LogP contribution in [0.15, 0.2) is 91.1 Å². The molecule has 4 aromatic rings. The lowest BCUT2D eigenvalue weighted by Crippen LogP contribution is -2.06. The van der Waals surface area contributed by atoms with Crippen LogP contribution in [-0.2, 0) is 17.8 Å². The molecule has 0 saturated carbocycles. The lowest BCUT2D eigenvalue weighted by molar-refractivity contribution is 0.0600. The number of aromatic amines is 1. The summed E-state index contributed by atoms with van der Waals surface area (Å²) >= 11 is 0. The Labute approximate surface area is 176 Å². The maximum Gasteiger partial charge on any atom is 0.340 e. The van der Waals surface area contributed by atoms with Gasteiger partial charge in [-0.25, -0.2) is 4.79 Å². The number of carbonyl (C=O) groups excluding carboxylic acids is 1. The average molecular weight is 397 g/mol. The number of H-pyrrole nitrogens is 1. The standard InChI is InChI=1S/C26H23NO3/c1-29-26(28)25-23(21-10-6-3-7-11-21)17-27-24(25)16-19-12-14-22(15-13-19)30-18-20-8-4-2-5-9-20/h2-15,17,27H,16,18H2,1H3. The molecule has 3 aromatic carbocycles. The van der Waals surface area contributed by atoms with E-state index in [1.807, 2.05) is 91.1 Å². The third kappa shape index (κ3) is 4.44. The molecule has 150 valence electrons. The molecule has 0 radical (unpaired) electrons. The average Bonchev–Trinajstić information content (AvgIpc) is 3.23. The largest absolute Gasteiger partial charge is 0.489 e. The maximum atomic E-state index is 12.5. The highest BCUT2D eigenvalue weighted by Crippen LogP contribution is 2.28. The van der Waals surface area contributed by atoms with Crippen LogP contribution in [-0.4, -0.2) is 18.1 Å². The molecule has 0 spiro atoms. The van der Waals surface area contributed by atoms with E-state index in [1.54, 1.807) is 0 Å². The minimum absolute atomic E-state index is 0.340. The number of methoxy groups -OCH3 is 1. The molecule has 0 aliphatic carbocycles. The van der Waals surface area contributed by atoms with Crippen molar-refractivity contribution in [2.75, 3.05) is 7.11 Å². The Morgan fingerprint density at radius 1 is 0.833 bits per heavy atom. The van der Waals surface area contributed by atoms with Crippen molar-refractivity contribution in [2.24, 2.45) is 0 Å². The van der Waals surface area contributed by atoms with E-state index in [9.17, 15) is 4.79 Å². The van der Waals surface area contributed by atoms with Gasteiger partial charge in [0.1, 0.15) is 12.4 Å². The summed E-state index contributed by atoms with van der Waals surface area (Å²) in [5.41, 5.74) is 5.44. The zero-order valence-electron chi connectivity index (χ0n) is 16.8. The molecule has 0 aliphatic heterocycles. The highest BCUT2D eigenvalue weighted by molar-refractivity contribution is 5.98. The summed E-state index contributed by atoms with van der Waals surface area (Å²) in [6, 6.07) is 27.9. The van der Waals surface area contributed by atoms with Gasteiger partial charge in [-0.3, -0.25) is 0 Å². The number of hydrogen-bond acceptors (Lipinski definition) is 3. The summed E-state index contributed by atoms with van der Waals surface area (Å²) in [4.78, 5) is 15.8. The SMILES string of the molecule is COC(=O)c1c(-c2ccccc2)c[nH]c1Cc1ccc(OCc2ccccc2)cc1. The molecular weight excluding hydrogens is 374 g/mol. The molecule has 1 N–H and O–H groups in total. The van der Waals surface area contributed by atoms with Crippen molar-refractivity contribution in [2.45, 2.75) is 13.0 Å². The maximum absolute atomic E-state index is 12.5. The smallest absolute Gasteiger partial charge is 0.340 e. The minimum Gasteiger partial charge on any atom is -0.489 e. The third-order valence-electron chi connectivity index (χ3n) is 4.99. The summed E-state index contributed by atoms with van der Waals surface area (Å²) in [6.45, 7) is 0.531. The van der Waals surface area contributed by atoms with Gasteiger partial charge in [0.2, 0.25) is 0 Å². The van der Waals surface area contributed by atoms with Crippen LogP contribution in [0, 0.1) is 0 Å². The van der Waals surface area contributed by atoms with E-state index in [0.29, 0.717) is 18.6 Å². The van der Waals surface area contributed by atoms with Gasteiger partial charge >= 0.3 is 5.97 Å². The number of aromatic nitrogens is 1. The zero-order chi connectivity index (χ0) is 20.8. The molecule has 0 bridgehead atoms. The Bertz CT molecular complexity index is 1100. The van der Waals surface area contributed by atoms with E-state index in [2.05, 4.69) is 4.98 Å². The molecule has 1 aromatic heterocycles. The quantitative estimate of drug-likeness (QED) is 0.411. The van der Waals surface area contributed by atoms with E-state index in [1.165, 1.54) is 7.11 Å². The summed E-state index contributed by atoms with van der Waals surface area (Å²) in [5, 5.41) is 0. The van der Waals surface area contributed by atoms with Crippen molar-refractivity contribution in [3.63, 3.8) is 0 Å². The van der Waals surface area contributed by atoms with Crippen molar-refractivity contribution in [3.05, 3.63) is 114 Å². The van der Waals surface area contributed by atoms with E-state index in [4.69, 9.17) is 9.47 Å². The van der Waals surface area contributed by atoms with E-state index in [-0.39, 0.29) is 5.97 Å². The Morgan fingerprint density at radius 2 is 1.50 bits per heavy atom. The molecule has 30 heavy (non-hydrogen) atoms. The fourth-order valence-electron chi connectivity index (χ4n) is 3.43. The van der Waals surface area contributed by atoms with Crippen molar-refractivity contribution in [1.82, 2.24) is 4.98 Å². The molecule has 0 aliphatic rings. The predicted molar refractivity (Wildman–Crippen MR) is 118 cm³/mol. The molecule has 1 heterocycles. The van der Waals surface area contributed by atoms with Crippen LogP contribution in [0.4, 0.5) is 0 Å². The van der Waals surface area contributed by atoms with Gasteiger partial charge in [-0.2, -0.15) is 0 Å². The molecule has 4 nitrogen and oxygen atoms in total. The van der Waals surface area contributed by atoms with Gasteiger partial charge in [-0.1, -0.05) is 72.8 Å². The van der Waals surface area contributed by atoms with E-state index >= 15 is 0 Å². The second-order valence-corrected chi connectivity index (χ2v) is 7.01. The van der Waals surface area contributed by atoms with Crippen LogP contribution in [0.1, 0.15) is 27.2 Å². The third-order valence-corrected chi connectivity index (χ3v) is 4.99. The van der Waals surface area contributed by atoms with Crippen LogP contribution in [0.25, 0.3) is 11.1 Å². The first-order chi connectivity index (χ1) is 14.7. The summed E-state index contributed by atoms with van der Waals surface area (Å²) in [5.74, 6) is 0.472. The van der Waals surface area contributed by atoms with Gasteiger partial charge in [0.25, 0.3) is 0 Å². The number of nitrogens with one attached hydrogen (secondary N) is 1. The number of rotatable bonds is 7. The predicted octanol–water partition coefficient (Wildman–Crippen LogP) is 5.64. The molecule has 0 amide bonds. The Kier molecular flexibility index (Phi) is 5.95. The summed E-state index contributed by atoms with van der Waals surface area (Å²) < 4.78 is 10.9. The minimum atomic E-state index is -0.340. The zero-order valence-corrected chi connectivity index (χ0v) is 16.8. The molecule has 0 saturated heterocycles. The van der Waals surface area contributed by atoms with Gasteiger partial charge in [0.15, 0.2) is 0 Å². The summed E-state index contributed by atoms with van der Waals surface area (Å²) in [6.07, 6.45) is 2.46. The Balaban J connectivity index is 1.51. The van der Waals surface area contributed by atoms with Crippen LogP contribution >= 0.6 is 0 Å². The first-order valence-corrected chi connectivity index (χ1v) is 9.84. The van der Waals surface area contributed by atoms with Crippen LogP contribution in [0.5, 0.6) is 5.75 Å². The molecule has 0 unspecified atom stereocenters. The number of ether oxygens (including phenoxy) is 2. The van der Waals surface area contributed by atoms with Gasteiger partial charge in [0, 0.05) is 23.9 Å². The van der Waals surface area contributed by atoms with E-state index < -0.39 is 0 Å². The normalized spacial score (nSPS) is 10.6. The van der Waals surface area contributed by atoms with Crippen molar-refractivity contribution in [1.29, 1.82) is 0 Å².